The van der Waals surface area contributed by atoms with Crippen molar-refractivity contribution in [2.75, 3.05) is 20.1 Å². The number of nitrogens with zero attached hydrogens (tertiary/aromatic N) is 1. The number of hydrogen-bond acceptors (Lipinski definition) is 3. The van der Waals surface area contributed by atoms with E-state index in [0.717, 1.165) is 61.4 Å². The van der Waals surface area contributed by atoms with Gasteiger partial charge in [-0.1, -0.05) is 30.3 Å². The van der Waals surface area contributed by atoms with Crippen LogP contribution in [0.25, 0.3) is 0 Å². The molecule has 0 radical (unpaired) electrons. The van der Waals surface area contributed by atoms with Gasteiger partial charge >= 0.3 is 6.18 Å². The van der Waals surface area contributed by atoms with Crippen LogP contribution in [0.4, 0.5) is 13.2 Å². The molecule has 1 spiro atoms. The van der Waals surface area contributed by atoms with Crippen molar-refractivity contribution in [2.24, 2.45) is 5.92 Å². The first kappa shape index (κ1) is 21.3. The number of carbonyl (C=O) groups excluding carboxylic acids is 1. The molecule has 2 aliphatic heterocycles. The Balaban J connectivity index is 1.29. The SMILES string of the molecule is CN1CCC2(CC1)CC(NC(=O)C1CC1c1ccc(C(F)(F)F)cc1)c1ccccc1O2. The number of hydrogen-bond donors (Lipinski definition) is 1. The topological polar surface area (TPSA) is 41.6 Å². The van der Waals surface area contributed by atoms with Gasteiger partial charge in [0.2, 0.25) is 5.91 Å². The fraction of sp³-hybridized carbons (Fsp3) is 0.480. The summed E-state index contributed by atoms with van der Waals surface area (Å²) in [4.78, 5) is 15.4. The number of rotatable bonds is 3. The second-order valence-corrected chi connectivity index (χ2v) is 9.46. The molecule has 2 aromatic carbocycles. The van der Waals surface area contributed by atoms with Gasteiger partial charge in [0.1, 0.15) is 11.4 Å². The van der Waals surface area contributed by atoms with Crippen LogP contribution < -0.4 is 10.1 Å². The highest BCUT2D eigenvalue weighted by atomic mass is 19.4. The largest absolute Gasteiger partial charge is 0.487 e. The Morgan fingerprint density at radius 1 is 1.09 bits per heavy atom. The van der Waals surface area contributed by atoms with E-state index in [2.05, 4.69) is 17.3 Å². The molecule has 5 rings (SSSR count). The molecule has 170 valence electrons. The van der Waals surface area contributed by atoms with E-state index in [9.17, 15) is 18.0 Å². The molecule has 1 aliphatic carbocycles. The third kappa shape index (κ3) is 4.10. The van der Waals surface area contributed by atoms with Crippen LogP contribution in [0, 0.1) is 5.92 Å². The van der Waals surface area contributed by atoms with Crippen LogP contribution in [0.15, 0.2) is 48.5 Å². The van der Waals surface area contributed by atoms with Gasteiger partial charge in [0.25, 0.3) is 0 Å². The van der Waals surface area contributed by atoms with Crippen LogP contribution in [-0.4, -0.2) is 36.5 Å². The first-order valence-corrected chi connectivity index (χ1v) is 11.2. The maximum Gasteiger partial charge on any atom is 0.416 e. The average Bonchev–Trinajstić information content (AvgIpc) is 3.57. The van der Waals surface area contributed by atoms with Crippen molar-refractivity contribution in [3.05, 3.63) is 65.2 Å². The average molecular weight is 444 g/mol. The summed E-state index contributed by atoms with van der Waals surface area (Å²) < 4.78 is 44.9. The summed E-state index contributed by atoms with van der Waals surface area (Å²) in [6.07, 6.45) is -1.11. The number of benzene rings is 2. The van der Waals surface area contributed by atoms with E-state index < -0.39 is 11.7 Å². The summed E-state index contributed by atoms with van der Waals surface area (Å²) in [6.45, 7) is 1.92. The van der Waals surface area contributed by atoms with Crippen molar-refractivity contribution in [3.63, 3.8) is 0 Å². The molecule has 1 saturated heterocycles. The van der Waals surface area contributed by atoms with Gasteiger partial charge in [-0.2, -0.15) is 13.2 Å². The number of halogens is 3. The fourth-order valence-corrected chi connectivity index (χ4v) is 5.13. The molecule has 3 aliphatic rings. The molecule has 2 aromatic rings. The normalized spacial score (nSPS) is 26.8. The zero-order valence-corrected chi connectivity index (χ0v) is 18.0. The molecular weight excluding hydrogens is 417 g/mol. The van der Waals surface area contributed by atoms with E-state index in [1.807, 2.05) is 24.3 Å². The van der Waals surface area contributed by atoms with E-state index in [-0.39, 0.29) is 29.4 Å². The zero-order valence-electron chi connectivity index (χ0n) is 18.0. The summed E-state index contributed by atoms with van der Waals surface area (Å²) in [6, 6.07) is 12.9. The first-order valence-electron chi connectivity index (χ1n) is 11.2. The summed E-state index contributed by atoms with van der Waals surface area (Å²) in [7, 11) is 2.11. The zero-order chi connectivity index (χ0) is 22.5. The van der Waals surface area contributed by atoms with Gasteiger partial charge in [0.05, 0.1) is 11.6 Å². The molecule has 1 saturated carbocycles. The van der Waals surface area contributed by atoms with Crippen molar-refractivity contribution in [1.29, 1.82) is 0 Å². The van der Waals surface area contributed by atoms with E-state index >= 15 is 0 Å². The van der Waals surface area contributed by atoms with Gasteiger partial charge in [-0.25, -0.2) is 0 Å². The molecule has 7 heteroatoms. The summed E-state index contributed by atoms with van der Waals surface area (Å²) in [5.41, 5.74) is 0.856. The summed E-state index contributed by atoms with van der Waals surface area (Å²) >= 11 is 0. The lowest BCUT2D eigenvalue weighted by Gasteiger charge is -2.46. The molecule has 0 aromatic heterocycles. The van der Waals surface area contributed by atoms with Crippen molar-refractivity contribution >= 4 is 5.91 Å². The second kappa shape index (κ2) is 7.80. The number of para-hydroxylation sites is 1. The minimum Gasteiger partial charge on any atom is -0.487 e. The number of piperidine rings is 1. The summed E-state index contributed by atoms with van der Waals surface area (Å²) in [5, 5.41) is 3.24. The highest BCUT2D eigenvalue weighted by molar-refractivity contribution is 5.83. The van der Waals surface area contributed by atoms with Crippen LogP contribution in [0.2, 0.25) is 0 Å². The third-order valence-corrected chi connectivity index (χ3v) is 7.21. The highest BCUT2D eigenvalue weighted by Gasteiger charge is 2.47. The number of likely N-dealkylation sites (tertiary alicyclic amines) is 1. The fourth-order valence-electron chi connectivity index (χ4n) is 5.13. The molecule has 1 amide bonds. The van der Waals surface area contributed by atoms with Gasteiger partial charge in [-0.05, 0) is 56.0 Å². The molecule has 4 nitrogen and oxygen atoms in total. The molecule has 3 atom stereocenters. The lowest BCUT2D eigenvalue weighted by Crippen LogP contribution is -2.51. The molecule has 2 heterocycles. The monoisotopic (exact) mass is 444 g/mol. The Kier molecular flexibility index (Phi) is 5.19. The maximum atomic E-state index is 13.1. The van der Waals surface area contributed by atoms with Gasteiger partial charge in [0.15, 0.2) is 0 Å². The number of nitrogens with one attached hydrogen (secondary N) is 1. The number of ether oxygens (including phenoxy) is 1. The lowest BCUT2D eigenvalue weighted by molar-refractivity contribution is -0.137. The lowest BCUT2D eigenvalue weighted by atomic mass is 9.80. The standard InChI is InChI=1S/C25H27F3N2O2/c1-30-12-10-24(11-13-30)15-21(18-4-2-3-5-22(18)32-24)29-23(31)20-14-19(20)16-6-8-17(9-7-16)25(26,27)28/h2-9,19-21H,10-15H2,1H3,(H,29,31). The Labute approximate surface area is 185 Å². The predicted octanol–water partition coefficient (Wildman–Crippen LogP) is 4.91. The first-order chi connectivity index (χ1) is 15.2. The second-order valence-electron chi connectivity index (χ2n) is 9.46. The van der Waals surface area contributed by atoms with Crippen LogP contribution in [0.3, 0.4) is 0 Å². The van der Waals surface area contributed by atoms with Crippen LogP contribution in [-0.2, 0) is 11.0 Å². The Morgan fingerprint density at radius 3 is 2.47 bits per heavy atom. The van der Waals surface area contributed by atoms with E-state index in [1.165, 1.54) is 12.1 Å². The van der Waals surface area contributed by atoms with Crippen molar-refractivity contribution in [3.8, 4) is 5.75 Å². The van der Waals surface area contributed by atoms with Crippen molar-refractivity contribution in [2.45, 2.75) is 49.4 Å². The van der Waals surface area contributed by atoms with Crippen LogP contribution >= 0.6 is 0 Å². The van der Waals surface area contributed by atoms with Gasteiger partial charge in [0, 0.05) is 31.0 Å². The van der Waals surface area contributed by atoms with Gasteiger partial charge in [-0.15, -0.1) is 0 Å². The maximum absolute atomic E-state index is 13.1. The number of fused-ring (bicyclic) bond motifs is 1. The smallest absolute Gasteiger partial charge is 0.416 e. The quantitative estimate of drug-likeness (QED) is 0.731. The predicted molar refractivity (Wildman–Crippen MR) is 114 cm³/mol. The third-order valence-electron chi connectivity index (χ3n) is 7.21. The highest BCUT2D eigenvalue weighted by Crippen LogP contribution is 2.49. The number of alkyl halides is 3. The minimum absolute atomic E-state index is 0.0235. The molecule has 32 heavy (non-hydrogen) atoms. The number of amides is 1. The van der Waals surface area contributed by atoms with Gasteiger partial charge < -0.3 is 15.0 Å². The van der Waals surface area contributed by atoms with Crippen molar-refractivity contribution in [1.82, 2.24) is 10.2 Å². The number of carbonyl (C=O) groups is 1. The molecular formula is C25H27F3N2O2. The summed E-state index contributed by atoms with van der Waals surface area (Å²) in [5.74, 6) is 0.586. The van der Waals surface area contributed by atoms with E-state index in [4.69, 9.17) is 4.74 Å². The van der Waals surface area contributed by atoms with Gasteiger partial charge in [-0.3, -0.25) is 4.79 Å². The molecule has 2 fully saturated rings. The van der Waals surface area contributed by atoms with E-state index in [0.29, 0.717) is 6.42 Å². The molecule has 3 unspecified atom stereocenters. The minimum atomic E-state index is -4.35. The Morgan fingerprint density at radius 2 is 1.78 bits per heavy atom. The Hall–Kier alpha value is -2.54. The Bertz CT molecular complexity index is 997. The van der Waals surface area contributed by atoms with Crippen LogP contribution in [0.1, 0.15) is 54.3 Å². The molecule has 0 bridgehead atoms. The van der Waals surface area contributed by atoms with Crippen molar-refractivity contribution < 1.29 is 22.7 Å². The van der Waals surface area contributed by atoms with E-state index in [1.54, 1.807) is 0 Å². The molecule has 1 N–H and O–H groups in total. The van der Waals surface area contributed by atoms with Crippen LogP contribution in [0.5, 0.6) is 5.75 Å².